The van der Waals surface area contributed by atoms with Gasteiger partial charge in [0.15, 0.2) is 0 Å². The van der Waals surface area contributed by atoms with Crippen LogP contribution in [0.5, 0.6) is 0 Å². The average Bonchev–Trinajstić information content (AvgIpc) is 2.75. The molecule has 1 N–H and O–H groups in total. The van der Waals surface area contributed by atoms with E-state index in [1.165, 1.54) is 34.8 Å². The second-order valence-electron chi connectivity index (χ2n) is 5.40. The Hall–Kier alpha value is -0.0900. The molecule has 1 fully saturated rings. The molecular formula is C15H22IN. The third kappa shape index (κ3) is 3.68. The smallest absolute Gasteiger partial charge is 0.0133 e. The molecule has 0 bridgehead atoms. The zero-order valence-corrected chi connectivity index (χ0v) is 12.9. The van der Waals surface area contributed by atoms with Gasteiger partial charge in [-0.1, -0.05) is 25.5 Å². The minimum Gasteiger partial charge on any atom is -0.316 e. The highest BCUT2D eigenvalue weighted by Crippen LogP contribution is 2.33. The predicted molar refractivity (Wildman–Crippen MR) is 82.2 cm³/mol. The van der Waals surface area contributed by atoms with Crippen LogP contribution in [0, 0.1) is 15.4 Å². The molecule has 1 aliphatic carbocycles. The van der Waals surface area contributed by atoms with E-state index in [1.807, 2.05) is 0 Å². The van der Waals surface area contributed by atoms with E-state index in [9.17, 15) is 0 Å². The van der Waals surface area contributed by atoms with Gasteiger partial charge in [-0.15, -0.1) is 0 Å². The lowest BCUT2D eigenvalue weighted by molar-refractivity contribution is 0.367. The number of rotatable bonds is 4. The molecule has 1 aromatic rings. The molecule has 0 saturated heterocycles. The third-order valence-corrected chi connectivity index (χ3v) is 4.76. The Kier molecular flexibility index (Phi) is 4.86. The van der Waals surface area contributed by atoms with E-state index in [2.05, 4.69) is 66.1 Å². The topological polar surface area (TPSA) is 12.0 Å². The zero-order chi connectivity index (χ0) is 12.3. The van der Waals surface area contributed by atoms with Crippen molar-refractivity contribution in [2.45, 2.75) is 38.6 Å². The van der Waals surface area contributed by atoms with Crippen molar-refractivity contribution in [3.8, 4) is 0 Å². The molecule has 17 heavy (non-hydrogen) atoms. The molecular weight excluding hydrogens is 321 g/mol. The van der Waals surface area contributed by atoms with Gasteiger partial charge in [0, 0.05) is 9.61 Å². The van der Waals surface area contributed by atoms with Gasteiger partial charge >= 0.3 is 0 Å². The van der Waals surface area contributed by atoms with Crippen molar-refractivity contribution >= 4 is 22.6 Å². The third-order valence-electron chi connectivity index (χ3n) is 4.04. The van der Waals surface area contributed by atoms with Crippen molar-refractivity contribution in [3.05, 3.63) is 33.4 Å². The van der Waals surface area contributed by atoms with Crippen LogP contribution in [0.15, 0.2) is 24.3 Å². The molecule has 2 rings (SSSR count). The molecule has 1 saturated carbocycles. The van der Waals surface area contributed by atoms with Gasteiger partial charge in [-0.25, -0.2) is 0 Å². The lowest BCUT2D eigenvalue weighted by atomic mass is 9.91. The van der Waals surface area contributed by atoms with Gasteiger partial charge in [0.05, 0.1) is 0 Å². The van der Waals surface area contributed by atoms with Crippen molar-refractivity contribution < 1.29 is 0 Å². The summed E-state index contributed by atoms with van der Waals surface area (Å²) >= 11 is 2.36. The predicted octanol–water partition coefficient (Wildman–Crippen LogP) is 3.86. The van der Waals surface area contributed by atoms with Crippen LogP contribution in [-0.4, -0.2) is 13.1 Å². The Morgan fingerprint density at radius 2 is 2.00 bits per heavy atom. The lowest BCUT2D eigenvalue weighted by Crippen LogP contribution is -2.34. The first-order valence-electron chi connectivity index (χ1n) is 6.60. The number of hydrogen-bond donors (Lipinski definition) is 1. The summed E-state index contributed by atoms with van der Waals surface area (Å²) in [5.74, 6) is 1.79. The van der Waals surface area contributed by atoms with Gasteiger partial charge < -0.3 is 5.32 Å². The molecule has 0 aromatic heterocycles. The van der Waals surface area contributed by atoms with E-state index in [1.54, 1.807) is 0 Å². The SMILES string of the molecule is CNC(Cc1ccc(I)cc1)C1CCC(C)C1. The highest BCUT2D eigenvalue weighted by Gasteiger charge is 2.27. The van der Waals surface area contributed by atoms with E-state index in [0.29, 0.717) is 6.04 Å². The molecule has 0 heterocycles. The first-order valence-corrected chi connectivity index (χ1v) is 7.68. The Bertz CT molecular complexity index is 346. The standard InChI is InChI=1S/C15H22IN/c1-11-3-6-13(9-11)15(17-2)10-12-4-7-14(16)8-5-12/h4-5,7-8,11,13,15,17H,3,6,9-10H2,1-2H3. The molecule has 94 valence electrons. The van der Waals surface area contributed by atoms with Crippen LogP contribution in [0.25, 0.3) is 0 Å². The molecule has 0 radical (unpaired) electrons. The highest BCUT2D eigenvalue weighted by atomic mass is 127. The van der Waals surface area contributed by atoms with Crippen molar-refractivity contribution in [2.24, 2.45) is 11.8 Å². The largest absolute Gasteiger partial charge is 0.316 e. The number of hydrogen-bond acceptors (Lipinski definition) is 1. The van der Waals surface area contributed by atoms with E-state index in [4.69, 9.17) is 0 Å². The monoisotopic (exact) mass is 343 g/mol. The second-order valence-corrected chi connectivity index (χ2v) is 6.65. The van der Waals surface area contributed by atoms with Crippen LogP contribution in [-0.2, 0) is 6.42 Å². The summed E-state index contributed by atoms with van der Waals surface area (Å²) in [5.41, 5.74) is 1.46. The fourth-order valence-electron chi connectivity index (χ4n) is 3.00. The maximum absolute atomic E-state index is 3.53. The molecule has 3 atom stereocenters. The maximum Gasteiger partial charge on any atom is 0.0133 e. The van der Waals surface area contributed by atoms with Crippen molar-refractivity contribution in [2.75, 3.05) is 7.05 Å². The van der Waals surface area contributed by atoms with Gasteiger partial charge in [-0.3, -0.25) is 0 Å². The molecule has 0 aliphatic heterocycles. The minimum atomic E-state index is 0.653. The molecule has 0 amide bonds. The lowest BCUT2D eigenvalue weighted by Gasteiger charge is -2.23. The van der Waals surface area contributed by atoms with Crippen molar-refractivity contribution in [3.63, 3.8) is 0 Å². The second kappa shape index (κ2) is 6.19. The maximum atomic E-state index is 3.53. The summed E-state index contributed by atoms with van der Waals surface area (Å²) in [6.07, 6.45) is 5.38. The van der Waals surface area contributed by atoms with Crippen LogP contribution in [0.3, 0.4) is 0 Å². The number of halogens is 1. The van der Waals surface area contributed by atoms with Crippen LogP contribution in [0.2, 0.25) is 0 Å². The van der Waals surface area contributed by atoms with E-state index in [-0.39, 0.29) is 0 Å². The quantitative estimate of drug-likeness (QED) is 0.819. The zero-order valence-electron chi connectivity index (χ0n) is 10.7. The Morgan fingerprint density at radius 3 is 2.53 bits per heavy atom. The number of likely N-dealkylation sites (N-methyl/N-ethyl adjacent to an activating group) is 1. The summed E-state index contributed by atoms with van der Waals surface area (Å²) in [6, 6.07) is 9.61. The van der Waals surface area contributed by atoms with Crippen molar-refractivity contribution in [1.82, 2.24) is 5.32 Å². The number of benzene rings is 1. The van der Waals surface area contributed by atoms with Gasteiger partial charge in [-0.2, -0.15) is 0 Å². The van der Waals surface area contributed by atoms with Crippen LogP contribution >= 0.6 is 22.6 Å². The molecule has 3 unspecified atom stereocenters. The van der Waals surface area contributed by atoms with E-state index in [0.717, 1.165) is 11.8 Å². The molecule has 1 aliphatic rings. The van der Waals surface area contributed by atoms with E-state index < -0.39 is 0 Å². The first-order chi connectivity index (χ1) is 8.19. The van der Waals surface area contributed by atoms with Crippen LogP contribution in [0.1, 0.15) is 31.7 Å². The molecule has 0 spiro atoms. The summed E-state index contributed by atoms with van der Waals surface area (Å²) in [4.78, 5) is 0. The van der Waals surface area contributed by atoms with Gasteiger partial charge in [0.25, 0.3) is 0 Å². The fraction of sp³-hybridized carbons (Fsp3) is 0.600. The molecule has 2 heteroatoms. The summed E-state index contributed by atoms with van der Waals surface area (Å²) in [5, 5.41) is 3.53. The molecule has 1 aromatic carbocycles. The van der Waals surface area contributed by atoms with Gasteiger partial charge in [0.1, 0.15) is 0 Å². The molecule has 1 nitrogen and oxygen atoms in total. The summed E-state index contributed by atoms with van der Waals surface area (Å²) in [7, 11) is 2.11. The van der Waals surface area contributed by atoms with Crippen LogP contribution < -0.4 is 5.32 Å². The Morgan fingerprint density at radius 1 is 1.29 bits per heavy atom. The fourth-order valence-corrected chi connectivity index (χ4v) is 3.36. The summed E-state index contributed by atoms with van der Waals surface area (Å²) in [6.45, 7) is 2.39. The minimum absolute atomic E-state index is 0.653. The summed E-state index contributed by atoms with van der Waals surface area (Å²) < 4.78 is 1.32. The Labute approximate surface area is 119 Å². The normalized spacial score (nSPS) is 26.1. The van der Waals surface area contributed by atoms with Gasteiger partial charge in [0.2, 0.25) is 0 Å². The highest BCUT2D eigenvalue weighted by molar-refractivity contribution is 14.1. The Balaban J connectivity index is 1.97. The van der Waals surface area contributed by atoms with Crippen molar-refractivity contribution in [1.29, 1.82) is 0 Å². The van der Waals surface area contributed by atoms with Crippen LogP contribution in [0.4, 0.5) is 0 Å². The van der Waals surface area contributed by atoms with E-state index >= 15 is 0 Å². The first kappa shape index (κ1) is 13.3. The number of nitrogens with one attached hydrogen (secondary N) is 1. The average molecular weight is 343 g/mol. The van der Waals surface area contributed by atoms with Gasteiger partial charge in [-0.05, 0) is 78.4 Å².